The monoisotopic (exact) mass is 290 g/mol. The molecule has 0 bridgehead atoms. The maximum absolute atomic E-state index is 11.9. The summed E-state index contributed by atoms with van der Waals surface area (Å²) >= 11 is 0. The van der Waals surface area contributed by atoms with Gasteiger partial charge >= 0.3 is 15.6 Å². The molecule has 2 unspecified atom stereocenters. The Labute approximate surface area is 102 Å². The quantitative estimate of drug-likeness (QED) is 0.634. The highest BCUT2D eigenvalue weighted by molar-refractivity contribution is 7.62. The van der Waals surface area contributed by atoms with Crippen molar-refractivity contribution in [2.24, 2.45) is 0 Å². The van der Waals surface area contributed by atoms with Crippen molar-refractivity contribution in [3.05, 3.63) is 0 Å². The Bertz CT molecular complexity index is 285. The molecule has 104 valence electrons. The van der Waals surface area contributed by atoms with Crippen LogP contribution in [0.5, 0.6) is 0 Å². The van der Waals surface area contributed by atoms with Gasteiger partial charge in [0.1, 0.15) is 0 Å². The lowest BCUT2D eigenvalue weighted by molar-refractivity contribution is 0.101. The minimum atomic E-state index is -3.96. The SMILES string of the molecule is COP(=O)(OC(C)C)OP(=O)(OC)OC(C)C. The highest BCUT2D eigenvalue weighted by Gasteiger charge is 2.40. The van der Waals surface area contributed by atoms with Crippen molar-refractivity contribution in [2.75, 3.05) is 14.2 Å². The molecule has 0 aromatic rings. The molecule has 0 saturated heterocycles. The predicted molar refractivity (Wildman–Crippen MR) is 62.8 cm³/mol. The number of phosphoric acid groups is 2. The third kappa shape index (κ3) is 6.67. The fraction of sp³-hybridized carbons (Fsp3) is 1.00. The summed E-state index contributed by atoms with van der Waals surface area (Å²) in [4.78, 5) is 0. The summed E-state index contributed by atoms with van der Waals surface area (Å²) < 4.78 is 47.8. The van der Waals surface area contributed by atoms with Crippen LogP contribution >= 0.6 is 15.6 Å². The molecule has 0 saturated carbocycles. The van der Waals surface area contributed by atoms with Crippen molar-refractivity contribution in [3.8, 4) is 0 Å². The molecule has 9 heteroatoms. The number of hydrogen-bond acceptors (Lipinski definition) is 7. The van der Waals surface area contributed by atoms with Crippen LogP contribution in [-0.4, -0.2) is 26.4 Å². The summed E-state index contributed by atoms with van der Waals surface area (Å²) in [7, 11) is -5.68. The van der Waals surface area contributed by atoms with Gasteiger partial charge in [0.2, 0.25) is 0 Å². The smallest absolute Gasteiger partial charge is 0.290 e. The van der Waals surface area contributed by atoms with E-state index in [2.05, 4.69) is 9.05 Å². The Morgan fingerprint density at radius 3 is 1.24 bits per heavy atom. The fourth-order valence-electron chi connectivity index (χ4n) is 0.830. The maximum atomic E-state index is 11.9. The van der Waals surface area contributed by atoms with Crippen molar-refractivity contribution in [1.82, 2.24) is 0 Å². The molecular formula is C8H20O7P2. The normalized spacial score (nSPS) is 19.3. The molecule has 0 heterocycles. The van der Waals surface area contributed by atoms with E-state index in [1.165, 1.54) is 0 Å². The van der Waals surface area contributed by atoms with Gasteiger partial charge in [-0.1, -0.05) is 0 Å². The molecule has 0 radical (unpaired) electrons. The van der Waals surface area contributed by atoms with E-state index in [0.717, 1.165) is 14.2 Å². The largest absolute Gasteiger partial charge is 0.483 e. The third-order valence-electron chi connectivity index (χ3n) is 1.33. The zero-order chi connectivity index (χ0) is 13.7. The van der Waals surface area contributed by atoms with Crippen molar-refractivity contribution in [3.63, 3.8) is 0 Å². The molecule has 7 nitrogen and oxygen atoms in total. The second-order valence-electron chi connectivity index (χ2n) is 3.65. The summed E-state index contributed by atoms with van der Waals surface area (Å²) in [6.45, 7) is 6.54. The maximum Gasteiger partial charge on any atom is 0.483 e. The minimum absolute atomic E-state index is 0.426. The molecule has 0 aliphatic rings. The van der Waals surface area contributed by atoms with E-state index in [0.29, 0.717) is 0 Å². The topological polar surface area (TPSA) is 80.3 Å². The Balaban J connectivity index is 4.84. The van der Waals surface area contributed by atoms with Crippen LogP contribution in [0.15, 0.2) is 0 Å². The van der Waals surface area contributed by atoms with Gasteiger partial charge in [-0.25, -0.2) is 9.13 Å². The highest BCUT2D eigenvalue weighted by Crippen LogP contribution is 2.66. The average molecular weight is 290 g/mol. The predicted octanol–water partition coefficient (Wildman–Crippen LogP) is 3.36. The van der Waals surface area contributed by atoms with Gasteiger partial charge in [-0.15, -0.1) is 0 Å². The van der Waals surface area contributed by atoms with E-state index in [9.17, 15) is 9.13 Å². The van der Waals surface area contributed by atoms with Crippen molar-refractivity contribution < 1.29 is 31.5 Å². The van der Waals surface area contributed by atoms with E-state index < -0.39 is 27.9 Å². The summed E-state index contributed by atoms with van der Waals surface area (Å²) in [5.74, 6) is 0. The van der Waals surface area contributed by atoms with E-state index in [1.54, 1.807) is 27.7 Å². The summed E-state index contributed by atoms with van der Waals surface area (Å²) in [6, 6.07) is 0. The number of hydrogen-bond donors (Lipinski definition) is 0. The molecule has 17 heavy (non-hydrogen) atoms. The second kappa shape index (κ2) is 7.00. The first-order valence-electron chi connectivity index (χ1n) is 5.06. The van der Waals surface area contributed by atoms with Gasteiger partial charge in [0, 0.05) is 14.2 Å². The first-order chi connectivity index (χ1) is 7.66. The molecular weight excluding hydrogens is 270 g/mol. The number of phosphoric ester groups is 2. The highest BCUT2D eigenvalue weighted by atomic mass is 31.3. The van der Waals surface area contributed by atoms with Crippen molar-refractivity contribution >= 4 is 15.6 Å². The van der Waals surface area contributed by atoms with Crippen LogP contribution in [0.4, 0.5) is 0 Å². The van der Waals surface area contributed by atoms with Crippen LogP contribution in [0.25, 0.3) is 0 Å². The third-order valence-corrected chi connectivity index (χ3v) is 5.18. The molecule has 0 fully saturated rings. The van der Waals surface area contributed by atoms with Crippen molar-refractivity contribution in [2.45, 2.75) is 39.9 Å². The zero-order valence-electron chi connectivity index (χ0n) is 10.9. The molecule has 0 spiro atoms. The van der Waals surface area contributed by atoms with Gasteiger partial charge in [-0.3, -0.25) is 18.1 Å². The molecule has 0 aromatic carbocycles. The van der Waals surface area contributed by atoms with Gasteiger partial charge in [0.05, 0.1) is 12.2 Å². The lowest BCUT2D eigenvalue weighted by Gasteiger charge is -2.23. The minimum Gasteiger partial charge on any atom is -0.290 e. The Morgan fingerprint density at radius 1 is 0.765 bits per heavy atom. The van der Waals surface area contributed by atoms with E-state index >= 15 is 0 Å². The Kier molecular flexibility index (Phi) is 7.11. The second-order valence-corrected chi connectivity index (χ2v) is 7.24. The van der Waals surface area contributed by atoms with E-state index in [-0.39, 0.29) is 0 Å². The summed E-state index contributed by atoms with van der Waals surface area (Å²) in [6.07, 6.45) is -0.852. The molecule has 0 aliphatic carbocycles. The van der Waals surface area contributed by atoms with Gasteiger partial charge in [0.15, 0.2) is 0 Å². The lowest BCUT2D eigenvalue weighted by Crippen LogP contribution is -2.08. The number of rotatable bonds is 8. The van der Waals surface area contributed by atoms with Crippen LogP contribution in [0.1, 0.15) is 27.7 Å². The molecule has 2 atom stereocenters. The van der Waals surface area contributed by atoms with E-state index in [1.807, 2.05) is 0 Å². The van der Waals surface area contributed by atoms with Gasteiger partial charge in [-0.05, 0) is 27.7 Å². The molecule has 0 aromatic heterocycles. The molecule has 0 aliphatic heterocycles. The standard InChI is InChI=1S/C8H20O7P2/c1-7(2)13-16(9,11-5)15-17(10,12-6)14-8(3)4/h7-8H,1-6H3. The fourth-order valence-corrected chi connectivity index (χ4v) is 3.86. The zero-order valence-corrected chi connectivity index (χ0v) is 12.7. The molecule has 0 rings (SSSR count). The first-order valence-corrected chi connectivity index (χ1v) is 7.98. The van der Waals surface area contributed by atoms with E-state index in [4.69, 9.17) is 13.4 Å². The van der Waals surface area contributed by atoms with Crippen LogP contribution in [0.3, 0.4) is 0 Å². The first kappa shape index (κ1) is 17.3. The van der Waals surface area contributed by atoms with Gasteiger partial charge < -0.3 is 0 Å². The lowest BCUT2D eigenvalue weighted by atomic mass is 10.5. The molecule has 0 amide bonds. The molecule has 0 N–H and O–H groups in total. The van der Waals surface area contributed by atoms with Crippen LogP contribution < -0.4 is 0 Å². The van der Waals surface area contributed by atoms with Crippen molar-refractivity contribution in [1.29, 1.82) is 0 Å². The van der Waals surface area contributed by atoms with Crippen LogP contribution in [0.2, 0.25) is 0 Å². The Morgan fingerprint density at radius 2 is 1.06 bits per heavy atom. The van der Waals surface area contributed by atoms with Crippen LogP contribution in [-0.2, 0) is 31.5 Å². The van der Waals surface area contributed by atoms with Gasteiger partial charge in [0.25, 0.3) is 0 Å². The summed E-state index contributed by atoms with van der Waals surface area (Å²) in [5, 5.41) is 0. The summed E-state index contributed by atoms with van der Waals surface area (Å²) in [5.41, 5.74) is 0. The Hall–Kier alpha value is 0.260. The van der Waals surface area contributed by atoms with Gasteiger partial charge in [-0.2, -0.15) is 4.31 Å². The van der Waals surface area contributed by atoms with Crippen LogP contribution in [0, 0.1) is 0 Å². The average Bonchev–Trinajstić information content (AvgIpc) is 2.15.